The minimum Gasteiger partial charge on any atom is -0.346 e. The van der Waals surface area contributed by atoms with E-state index < -0.39 is 10.0 Å². The van der Waals surface area contributed by atoms with Crippen LogP contribution in [0.25, 0.3) is 0 Å². The standard InChI is InChI=1S/C17H26N2O3S/c1-3-4-12-18(2)17(20)15-10-13-19(14-11-15)23(21,22)16-8-6-5-7-9-16/h5-9,15H,3-4,10-14H2,1-2H3. The molecule has 1 aliphatic rings. The van der Waals surface area contributed by atoms with E-state index in [2.05, 4.69) is 6.92 Å². The van der Waals surface area contributed by atoms with Crippen molar-refractivity contribution in [3.05, 3.63) is 30.3 Å². The summed E-state index contributed by atoms with van der Waals surface area (Å²) >= 11 is 0. The van der Waals surface area contributed by atoms with Crippen molar-refractivity contribution in [2.45, 2.75) is 37.5 Å². The van der Waals surface area contributed by atoms with Gasteiger partial charge in [0.05, 0.1) is 4.90 Å². The van der Waals surface area contributed by atoms with Crippen LogP contribution in [0, 0.1) is 5.92 Å². The number of piperidine rings is 1. The average Bonchev–Trinajstić information content (AvgIpc) is 2.59. The Balaban J connectivity index is 1.95. The third-order valence-corrected chi connectivity index (χ3v) is 6.32. The predicted molar refractivity (Wildman–Crippen MR) is 90.5 cm³/mol. The molecule has 0 bridgehead atoms. The topological polar surface area (TPSA) is 57.7 Å². The van der Waals surface area contributed by atoms with Crippen molar-refractivity contribution in [1.29, 1.82) is 0 Å². The van der Waals surface area contributed by atoms with Crippen LogP contribution in [0.3, 0.4) is 0 Å². The van der Waals surface area contributed by atoms with Gasteiger partial charge in [0.25, 0.3) is 0 Å². The third kappa shape index (κ3) is 4.32. The van der Waals surface area contributed by atoms with Gasteiger partial charge in [0.1, 0.15) is 0 Å². The van der Waals surface area contributed by atoms with Crippen molar-refractivity contribution in [2.75, 3.05) is 26.7 Å². The number of hydrogen-bond acceptors (Lipinski definition) is 3. The van der Waals surface area contributed by atoms with Crippen molar-refractivity contribution >= 4 is 15.9 Å². The minimum atomic E-state index is -3.44. The monoisotopic (exact) mass is 338 g/mol. The Bertz CT molecular complexity index is 608. The fourth-order valence-electron chi connectivity index (χ4n) is 2.90. The summed E-state index contributed by atoms with van der Waals surface area (Å²) in [7, 11) is -1.60. The van der Waals surface area contributed by atoms with Gasteiger partial charge >= 0.3 is 0 Å². The number of unbranched alkanes of at least 4 members (excludes halogenated alkanes) is 1. The Labute approximate surface area is 139 Å². The number of hydrogen-bond donors (Lipinski definition) is 0. The van der Waals surface area contributed by atoms with Crippen LogP contribution >= 0.6 is 0 Å². The highest BCUT2D eigenvalue weighted by Crippen LogP contribution is 2.24. The second-order valence-electron chi connectivity index (χ2n) is 6.10. The van der Waals surface area contributed by atoms with Crippen molar-refractivity contribution in [2.24, 2.45) is 5.92 Å². The zero-order chi connectivity index (χ0) is 16.9. The van der Waals surface area contributed by atoms with Crippen molar-refractivity contribution in [3.63, 3.8) is 0 Å². The molecule has 128 valence electrons. The summed E-state index contributed by atoms with van der Waals surface area (Å²) in [5.74, 6) is 0.0919. The summed E-state index contributed by atoms with van der Waals surface area (Å²) in [6.07, 6.45) is 3.26. The lowest BCUT2D eigenvalue weighted by Crippen LogP contribution is -2.43. The van der Waals surface area contributed by atoms with Gasteiger partial charge in [0.15, 0.2) is 0 Å². The van der Waals surface area contributed by atoms with Gasteiger partial charge in [0, 0.05) is 32.6 Å². The highest BCUT2D eigenvalue weighted by Gasteiger charge is 2.32. The fraction of sp³-hybridized carbons (Fsp3) is 0.588. The van der Waals surface area contributed by atoms with E-state index in [1.807, 2.05) is 7.05 Å². The highest BCUT2D eigenvalue weighted by molar-refractivity contribution is 7.89. The summed E-state index contributed by atoms with van der Waals surface area (Å²) in [5, 5.41) is 0. The Morgan fingerprint density at radius 2 is 1.83 bits per heavy atom. The molecule has 2 rings (SSSR count). The van der Waals surface area contributed by atoms with Gasteiger partial charge in [-0.2, -0.15) is 4.31 Å². The maximum atomic E-state index is 12.6. The number of amides is 1. The molecule has 0 saturated carbocycles. The van der Waals surface area contributed by atoms with Crippen LogP contribution in [0.1, 0.15) is 32.6 Å². The van der Waals surface area contributed by atoms with Crippen molar-refractivity contribution in [3.8, 4) is 0 Å². The Hall–Kier alpha value is -1.40. The van der Waals surface area contributed by atoms with E-state index in [1.54, 1.807) is 35.2 Å². The molecule has 1 saturated heterocycles. The zero-order valence-corrected chi connectivity index (χ0v) is 14.8. The normalized spacial score (nSPS) is 17.1. The van der Waals surface area contributed by atoms with Crippen LogP contribution < -0.4 is 0 Å². The first-order valence-electron chi connectivity index (χ1n) is 8.27. The Kier molecular flexibility index (Phi) is 6.18. The van der Waals surface area contributed by atoms with E-state index in [4.69, 9.17) is 0 Å². The number of nitrogens with zero attached hydrogens (tertiary/aromatic N) is 2. The van der Waals surface area contributed by atoms with Crippen molar-refractivity contribution < 1.29 is 13.2 Å². The van der Waals surface area contributed by atoms with Crippen LogP contribution in [0.2, 0.25) is 0 Å². The lowest BCUT2D eigenvalue weighted by atomic mass is 9.96. The van der Waals surface area contributed by atoms with Crippen molar-refractivity contribution in [1.82, 2.24) is 9.21 Å². The van der Waals surface area contributed by atoms with E-state index in [-0.39, 0.29) is 11.8 Å². The first kappa shape index (κ1) is 17.9. The van der Waals surface area contributed by atoms with E-state index in [0.29, 0.717) is 30.8 Å². The summed E-state index contributed by atoms with van der Waals surface area (Å²) in [4.78, 5) is 14.5. The maximum Gasteiger partial charge on any atom is 0.243 e. The number of benzene rings is 1. The quantitative estimate of drug-likeness (QED) is 0.800. The number of sulfonamides is 1. The zero-order valence-electron chi connectivity index (χ0n) is 13.9. The molecule has 0 aromatic heterocycles. The van der Waals surface area contributed by atoms with E-state index in [0.717, 1.165) is 19.4 Å². The first-order chi connectivity index (χ1) is 11.0. The molecule has 0 spiro atoms. The predicted octanol–water partition coefficient (Wildman–Crippen LogP) is 2.35. The van der Waals surface area contributed by atoms with E-state index in [1.165, 1.54) is 4.31 Å². The molecule has 0 N–H and O–H groups in total. The van der Waals surface area contributed by atoms with Crippen LogP contribution in [0.5, 0.6) is 0 Å². The van der Waals surface area contributed by atoms with Gasteiger partial charge in [-0.25, -0.2) is 8.42 Å². The lowest BCUT2D eigenvalue weighted by Gasteiger charge is -2.32. The Morgan fingerprint density at radius 1 is 1.22 bits per heavy atom. The molecule has 1 fully saturated rings. The smallest absolute Gasteiger partial charge is 0.243 e. The lowest BCUT2D eigenvalue weighted by molar-refractivity contribution is -0.135. The summed E-state index contributed by atoms with van der Waals surface area (Å²) < 4.78 is 26.6. The third-order valence-electron chi connectivity index (χ3n) is 4.41. The molecule has 0 unspecified atom stereocenters. The molecule has 1 aromatic rings. The number of carbonyl (C=O) groups excluding carboxylic acids is 1. The molecule has 0 atom stereocenters. The fourth-order valence-corrected chi connectivity index (χ4v) is 4.39. The Morgan fingerprint density at radius 3 is 2.39 bits per heavy atom. The highest BCUT2D eigenvalue weighted by atomic mass is 32.2. The first-order valence-corrected chi connectivity index (χ1v) is 9.71. The van der Waals surface area contributed by atoms with Gasteiger partial charge < -0.3 is 4.90 Å². The van der Waals surface area contributed by atoms with Crippen LogP contribution in [0.15, 0.2) is 35.2 Å². The molecular formula is C17H26N2O3S. The van der Waals surface area contributed by atoms with E-state index in [9.17, 15) is 13.2 Å². The van der Waals surface area contributed by atoms with Gasteiger partial charge in [-0.05, 0) is 31.4 Å². The molecule has 1 aromatic carbocycles. The molecule has 0 aliphatic carbocycles. The second-order valence-corrected chi connectivity index (χ2v) is 8.04. The SMILES string of the molecule is CCCCN(C)C(=O)C1CCN(S(=O)(=O)c2ccccc2)CC1. The second kappa shape index (κ2) is 7.93. The summed E-state index contributed by atoms with van der Waals surface area (Å²) in [5.41, 5.74) is 0. The molecule has 1 amide bonds. The minimum absolute atomic E-state index is 0.0564. The number of rotatable bonds is 6. The summed E-state index contributed by atoms with van der Waals surface area (Å²) in [6.45, 7) is 3.70. The molecular weight excluding hydrogens is 312 g/mol. The largest absolute Gasteiger partial charge is 0.346 e. The van der Waals surface area contributed by atoms with Crippen LogP contribution in [-0.2, 0) is 14.8 Å². The summed E-state index contributed by atoms with van der Waals surface area (Å²) in [6, 6.07) is 8.49. The van der Waals surface area contributed by atoms with Crippen LogP contribution in [-0.4, -0.2) is 50.2 Å². The van der Waals surface area contributed by atoms with Crippen LogP contribution in [0.4, 0.5) is 0 Å². The average molecular weight is 338 g/mol. The van der Waals surface area contributed by atoms with Gasteiger partial charge in [-0.3, -0.25) is 4.79 Å². The van der Waals surface area contributed by atoms with Gasteiger partial charge in [0.2, 0.25) is 15.9 Å². The maximum absolute atomic E-state index is 12.6. The van der Waals surface area contributed by atoms with E-state index >= 15 is 0 Å². The molecule has 23 heavy (non-hydrogen) atoms. The van der Waals surface area contributed by atoms with Gasteiger partial charge in [-0.1, -0.05) is 31.5 Å². The molecule has 1 aliphatic heterocycles. The number of carbonyl (C=O) groups is 1. The molecule has 1 heterocycles. The van der Waals surface area contributed by atoms with Gasteiger partial charge in [-0.15, -0.1) is 0 Å². The molecule has 6 heteroatoms. The molecule has 5 nitrogen and oxygen atoms in total. The molecule has 0 radical (unpaired) electrons.